The maximum Gasteiger partial charge on any atom is 0.335 e. The van der Waals surface area contributed by atoms with E-state index in [1.165, 1.54) is 24.1 Å². The maximum atomic E-state index is 13.8. The highest BCUT2D eigenvalue weighted by molar-refractivity contribution is 8.00. The minimum Gasteiger partial charge on any atom is -0.478 e. The van der Waals surface area contributed by atoms with E-state index in [1.807, 2.05) is 6.07 Å². The van der Waals surface area contributed by atoms with Gasteiger partial charge in [-0.3, -0.25) is 0 Å². The number of anilines is 1. The van der Waals surface area contributed by atoms with Crippen LogP contribution in [0.1, 0.15) is 40.2 Å². The van der Waals surface area contributed by atoms with Crippen molar-refractivity contribution < 1.29 is 14.3 Å². The fourth-order valence-electron chi connectivity index (χ4n) is 3.24. The third kappa shape index (κ3) is 4.28. The summed E-state index contributed by atoms with van der Waals surface area (Å²) < 4.78 is 17.0. The van der Waals surface area contributed by atoms with Gasteiger partial charge in [-0.25, -0.2) is 9.18 Å². The fourth-order valence-corrected chi connectivity index (χ4v) is 4.37. The lowest BCUT2D eigenvalue weighted by atomic mass is 10.0. The van der Waals surface area contributed by atoms with Gasteiger partial charge in [0.1, 0.15) is 11.9 Å². The number of nitrogens with one attached hydrogen (secondary N) is 1. The molecule has 1 saturated carbocycles. The Balaban J connectivity index is 1.72. The summed E-state index contributed by atoms with van der Waals surface area (Å²) in [5, 5.41) is 19.0. The molecule has 4 rings (SSSR count). The molecule has 1 aliphatic rings. The van der Waals surface area contributed by atoms with Gasteiger partial charge in [-0.15, -0.1) is 0 Å². The van der Waals surface area contributed by atoms with Crippen molar-refractivity contribution in [2.75, 3.05) is 4.72 Å². The van der Waals surface area contributed by atoms with Gasteiger partial charge < -0.3 is 9.83 Å². The van der Waals surface area contributed by atoms with Crippen molar-refractivity contribution in [3.8, 4) is 17.2 Å². The molecule has 150 valence electrons. The van der Waals surface area contributed by atoms with E-state index in [1.54, 1.807) is 36.4 Å². The molecule has 0 aromatic heterocycles. The zero-order chi connectivity index (χ0) is 21.3. The molecule has 1 fully saturated rings. The zero-order valence-corrected chi connectivity index (χ0v) is 17.2. The number of carbonyl (C=O) groups is 1. The number of nitriles is 1. The third-order valence-corrected chi connectivity index (χ3v) is 6.12. The Labute approximate surface area is 182 Å². The van der Waals surface area contributed by atoms with Crippen LogP contribution in [-0.2, 0) is 0 Å². The van der Waals surface area contributed by atoms with Crippen LogP contribution in [-0.4, -0.2) is 11.1 Å². The smallest absolute Gasteiger partial charge is 0.335 e. The monoisotopic (exact) mass is 438 g/mol. The topological polar surface area (TPSA) is 73.1 Å². The number of aromatic carboxylic acids is 1. The van der Waals surface area contributed by atoms with Crippen LogP contribution >= 0.6 is 23.5 Å². The Bertz CT molecular complexity index is 1190. The molecule has 7 heteroatoms. The Morgan fingerprint density at radius 3 is 2.67 bits per heavy atom. The molecule has 3 aromatic carbocycles. The number of hydrogen-bond acceptors (Lipinski definition) is 4. The molecule has 30 heavy (non-hydrogen) atoms. The van der Waals surface area contributed by atoms with Gasteiger partial charge in [-0.1, -0.05) is 29.8 Å². The molecule has 0 spiro atoms. The standard InChI is InChI=1S/C23H16ClFN2O2S/c24-20-11-19(14-2-1-3-17(25)8-14)21(9-16(20)12-26)27-30-22-10-15(23(28)29)6-7-18(22)13-4-5-13/h1-3,6-11,13,27H,4-5H2,(H,28,29). The van der Waals surface area contributed by atoms with Gasteiger partial charge >= 0.3 is 5.97 Å². The number of halogens is 2. The van der Waals surface area contributed by atoms with E-state index >= 15 is 0 Å². The van der Waals surface area contributed by atoms with Gasteiger partial charge in [0.25, 0.3) is 0 Å². The molecular weight excluding hydrogens is 423 g/mol. The number of rotatable bonds is 6. The summed E-state index contributed by atoms with van der Waals surface area (Å²) >= 11 is 7.50. The number of benzene rings is 3. The van der Waals surface area contributed by atoms with Crippen LogP contribution < -0.4 is 4.72 Å². The van der Waals surface area contributed by atoms with Crippen LogP contribution in [0.5, 0.6) is 0 Å². The van der Waals surface area contributed by atoms with Crippen LogP contribution in [0.25, 0.3) is 11.1 Å². The first kappa shape index (κ1) is 20.3. The summed E-state index contributed by atoms with van der Waals surface area (Å²) in [5.41, 5.74) is 3.46. The highest BCUT2D eigenvalue weighted by atomic mass is 35.5. The van der Waals surface area contributed by atoms with E-state index in [9.17, 15) is 19.6 Å². The second-order valence-electron chi connectivity index (χ2n) is 7.04. The lowest BCUT2D eigenvalue weighted by molar-refractivity contribution is 0.0696. The molecule has 0 atom stereocenters. The second kappa shape index (κ2) is 8.39. The average Bonchev–Trinajstić information content (AvgIpc) is 3.57. The molecule has 0 saturated heterocycles. The molecule has 0 amide bonds. The van der Waals surface area contributed by atoms with Crippen molar-refractivity contribution in [1.82, 2.24) is 0 Å². The predicted molar refractivity (Wildman–Crippen MR) is 116 cm³/mol. The van der Waals surface area contributed by atoms with Gasteiger partial charge in [0.2, 0.25) is 0 Å². The molecule has 0 unspecified atom stereocenters. The number of hydrogen-bond donors (Lipinski definition) is 2. The number of nitrogens with zero attached hydrogens (tertiary/aromatic N) is 1. The average molecular weight is 439 g/mol. The Morgan fingerprint density at radius 1 is 1.20 bits per heavy atom. The molecule has 1 aliphatic carbocycles. The minimum atomic E-state index is -0.988. The van der Waals surface area contributed by atoms with Crippen LogP contribution in [0.3, 0.4) is 0 Å². The highest BCUT2D eigenvalue weighted by Gasteiger charge is 2.27. The van der Waals surface area contributed by atoms with Crippen LogP contribution in [0.4, 0.5) is 10.1 Å². The molecule has 4 nitrogen and oxygen atoms in total. The summed E-state index contributed by atoms with van der Waals surface area (Å²) in [6, 6.07) is 16.6. The Hall–Kier alpha value is -3.01. The van der Waals surface area contributed by atoms with Crippen LogP contribution in [0.2, 0.25) is 5.02 Å². The Kier molecular flexibility index (Phi) is 5.67. The van der Waals surface area contributed by atoms with E-state index in [2.05, 4.69) is 10.8 Å². The quantitative estimate of drug-likeness (QED) is 0.418. The molecule has 0 aliphatic heterocycles. The van der Waals surface area contributed by atoms with Crippen LogP contribution in [0.15, 0.2) is 59.5 Å². The van der Waals surface area contributed by atoms with Crippen LogP contribution in [0, 0.1) is 17.1 Å². The van der Waals surface area contributed by atoms with Gasteiger partial charge in [0, 0.05) is 10.5 Å². The van der Waals surface area contributed by atoms with Crippen molar-refractivity contribution in [3.63, 3.8) is 0 Å². The van der Waals surface area contributed by atoms with Gasteiger partial charge in [-0.05, 0) is 78.2 Å². The molecular formula is C23H16ClFN2O2S. The van der Waals surface area contributed by atoms with E-state index in [0.29, 0.717) is 28.3 Å². The molecule has 0 bridgehead atoms. The zero-order valence-electron chi connectivity index (χ0n) is 15.7. The summed E-state index contributed by atoms with van der Waals surface area (Å²) in [7, 11) is 0. The van der Waals surface area contributed by atoms with Crippen molar-refractivity contribution in [2.45, 2.75) is 23.7 Å². The lowest BCUT2D eigenvalue weighted by Crippen LogP contribution is -2.00. The summed E-state index contributed by atoms with van der Waals surface area (Å²) in [6.07, 6.45) is 2.15. The summed E-state index contributed by atoms with van der Waals surface area (Å²) in [5.74, 6) is -0.936. The largest absolute Gasteiger partial charge is 0.478 e. The van der Waals surface area contributed by atoms with E-state index in [-0.39, 0.29) is 16.4 Å². The first-order valence-electron chi connectivity index (χ1n) is 9.26. The molecule has 2 N–H and O–H groups in total. The summed E-state index contributed by atoms with van der Waals surface area (Å²) in [4.78, 5) is 12.2. The van der Waals surface area contributed by atoms with E-state index in [0.717, 1.165) is 23.3 Å². The van der Waals surface area contributed by atoms with E-state index in [4.69, 9.17) is 11.6 Å². The predicted octanol–water partition coefficient (Wildman–Crippen LogP) is 6.71. The SMILES string of the molecule is N#Cc1cc(NSc2cc(C(=O)O)ccc2C2CC2)c(-c2cccc(F)c2)cc1Cl. The first-order chi connectivity index (χ1) is 14.5. The van der Waals surface area contributed by atoms with Crippen molar-refractivity contribution in [1.29, 1.82) is 5.26 Å². The second-order valence-corrected chi connectivity index (χ2v) is 8.29. The molecule has 0 heterocycles. The fraction of sp³-hybridized carbons (Fsp3) is 0.130. The third-order valence-electron chi connectivity index (χ3n) is 4.91. The Morgan fingerprint density at radius 2 is 2.00 bits per heavy atom. The van der Waals surface area contributed by atoms with Gasteiger partial charge in [0.15, 0.2) is 0 Å². The lowest BCUT2D eigenvalue weighted by Gasteiger charge is -2.15. The maximum absolute atomic E-state index is 13.8. The van der Waals surface area contributed by atoms with Crippen molar-refractivity contribution in [2.24, 2.45) is 0 Å². The minimum absolute atomic E-state index is 0.211. The summed E-state index contributed by atoms with van der Waals surface area (Å²) in [6.45, 7) is 0. The van der Waals surface area contributed by atoms with E-state index < -0.39 is 5.97 Å². The highest BCUT2D eigenvalue weighted by Crippen LogP contribution is 2.45. The normalized spacial score (nSPS) is 13.0. The first-order valence-corrected chi connectivity index (χ1v) is 10.5. The van der Waals surface area contributed by atoms with Gasteiger partial charge in [0.05, 0.1) is 21.8 Å². The molecule has 3 aromatic rings. The van der Waals surface area contributed by atoms with Crippen molar-refractivity contribution >= 4 is 35.2 Å². The van der Waals surface area contributed by atoms with Gasteiger partial charge in [-0.2, -0.15) is 5.26 Å². The number of carboxylic acid groups (broad SMARTS) is 1. The molecule has 0 radical (unpaired) electrons. The number of carboxylic acids is 1. The van der Waals surface area contributed by atoms with Crippen molar-refractivity contribution in [3.05, 3.63) is 82.1 Å².